The SMILES string of the molecule is COc1nc(C)cnc1NS(=O)(=O)c1cccnc1-c1ccc(NC(C)=O)cc1. The Morgan fingerprint density at radius 2 is 1.83 bits per heavy atom. The smallest absolute Gasteiger partial charge is 0.265 e. The van der Waals surface area contributed by atoms with Crippen LogP contribution in [0.15, 0.2) is 53.7 Å². The molecule has 0 atom stereocenters. The van der Waals surface area contributed by atoms with Crippen molar-refractivity contribution in [2.24, 2.45) is 0 Å². The summed E-state index contributed by atoms with van der Waals surface area (Å²) in [5.74, 6) is -0.149. The van der Waals surface area contributed by atoms with Crippen molar-refractivity contribution in [2.45, 2.75) is 18.7 Å². The number of amides is 1. The number of methoxy groups -OCH3 is 1. The molecule has 2 heterocycles. The van der Waals surface area contributed by atoms with E-state index >= 15 is 0 Å². The second kappa shape index (κ2) is 8.23. The first-order chi connectivity index (χ1) is 13.8. The number of ether oxygens (including phenoxy) is 1. The van der Waals surface area contributed by atoms with E-state index in [1.54, 1.807) is 31.2 Å². The number of anilines is 2. The highest BCUT2D eigenvalue weighted by Crippen LogP contribution is 2.29. The minimum absolute atomic E-state index is 0.0195. The summed E-state index contributed by atoms with van der Waals surface area (Å²) >= 11 is 0. The van der Waals surface area contributed by atoms with Crippen LogP contribution in [0.3, 0.4) is 0 Å². The molecule has 0 aliphatic heterocycles. The number of nitrogens with one attached hydrogen (secondary N) is 2. The quantitative estimate of drug-likeness (QED) is 0.637. The molecular weight excluding hydrogens is 394 g/mol. The third-order valence-corrected chi connectivity index (χ3v) is 5.19. The van der Waals surface area contributed by atoms with Gasteiger partial charge in [-0.15, -0.1) is 0 Å². The zero-order valence-corrected chi connectivity index (χ0v) is 16.8. The number of hydrogen-bond acceptors (Lipinski definition) is 7. The van der Waals surface area contributed by atoms with Crippen LogP contribution in [0.1, 0.15) is 12.6 Å². The maximum atomic E-state index is 13.0. The lowest BCUT2D eigenvalue weighted by atomic mass is 10.1. The van der Waals surface area contributed by atoms with Crippen LogP contribution in [-0.4, -0.2) is 36.4 Å². The summed E-state index contributed by atoms with van der Waals surface area (Å²) in [6.07, 6.45) is 2.94. The van der Waals surface area contributed by atoms with E-state index in [-0.39, 0.29) is 28.2 Å². The highest BCUT2D eigenvalue weighted by Gasteiger charge is 2.23. The highest BCUT2D eigenvalue weighted by atomic mass is 32.2. The molecule has 0 saturated heterocycles. The van der Waals surface area contributed by atoms with Crippen molar-refractivity contribution in [3.63, 3.8) is 0 Å². The summed E-state index contributed by atoms with van der Waals surface area (Å²) < 4.78 is 33.6. The first-order valence-corrected chi connectivity index (χ1v) is 10.0. The van der Waals surface area contributed by atoms with E-state index in [4.69, 9.17) is 4.74 Å². The third-order valence-electron chi connectivity index (χ3n) is 3.82. The van der Waals surface area contributed by atoms with Gasteiger partial charge in [0.05, 0.1) is 24.7 Å². The Kier molecular flexibility index (Phi) is 5.74. The van der Waals surface area contributed by atoms with Crippen molar-refractivity contribution in [2.75, 3.05) is 17.1 Å². The van der Waals surface area contributed by atoms with Gasteiger partial charge in [-0.1, -0.05) is 12.1 Å². The Hall–Kier alpha value is -3.53. The summed E-state index contributed by atoms with van der Waals surface area (Å²) in [6, 6.07) is 9.67. The third kappa shape index (κ3) is 4.66. The van der Waals surface area contributed by atoms with E-state index in [1.807, 2.05) is 0 Å². The number of hydrogen-bond donors (Lipinski definition) is 2. The molecule has 0 spiro atoms. The van der Waals surface area contributed by atoms with Crippen molar-refractivity contribution in [3.05, 3.63) is 54.5 Å². The first-order valence-electron chi connectivity index (χ1n) is 8.53. The van der Waals surface area contributed by atoms with Gasteiger partial charge in [-0.05, 0) is 31.2 Å². The van der Waals surface area contributed by atoms with Crippen molar-refractivity contribution in [1.82, 2.24) is 15.0 Å². The summed E-state index contributed by atoms with van der Waals surface area (Å²) in [7, 11) is -2.65. The number of pyridine rings is 1. The minimum Gasteiger partial charge on any atom is -0.478 e. The fourth-order valence-electron chi connectivity index (χ4n) is 2.59. The lowest BCUT2D eigenvalue weighted by Gasteiger charge is -2.13. The molecule has 0 aliphatic carbocycles. The number of aryl methyl sites for hydroxylation is 1. The van der Waals surface area contributed by atoms with Crippen LogP contribution in [0.4, 0.5) is 11.5 Å². The fourth-order valence-corrected chi connectivity index (χ4v) is 3.78. The molecule has 3 aromatic rings. The van der Waals surface area contributed by atoms with Crippen LogP contribution in [0.2, 0.25) is 0 Å². The molecule has 9 nitrogen and oxygen atoms in total. The number of aromatic nitrogens is 3. The molecule has 1 aromatic carbocycles. The van der Waals surface area contributed by atoms with Crippen LogP contribution in [0.25, 0.3) is 11.3 Å². The number of rotatable bonds is 6. The molecule has 0 saturated carbocycles. The zero-order chi connectivity index (χ0) is 21.0. The van der Waals surface area contributed by atoms with Gasteiger partial charge in [-0.25, -0.2) is 18.4 Å². The summed E-state index contributed by atoms with van der Waals surface area (Å²) in [5.41, 5.74) is 2.01. The Labute approximate surface area is 168 Å². The minimum atomic E-state index is -4.03. The topological polar surface area (TPSA) is 123 Å². The molecule has 0 fully saturated rings. The normalized spacial score (nSPS) is 11.0. The molecule has 0 radical (unpaired) electrons. The molecule has 150 valence electrons. The van der Waals surface area contributed by atoms with Gasteiger partial charge >= 0.3 is 0 Å². The Bertz CT molecular complexity index is 1150. The van der Waals surface area contributed by atoms with Crippen LogP contribution < -0.4 is 14.8 Å². The standard InChI is InChI=1S/C19H19N5O4S/c1-12-11-21-18(19(22-12)28-3)24-29(26,27)16-5-4-10-20-17(16)14-6-8-15(9-7-14)23-13(2)25/h4-11H,1-3H3,(H,21,24)(H,23,25). The van der Waals surface area contributed by atoms with Crippen LogP contribution in [-0.2, 0) is 14.8 Å². The largest absolute Gasteiger partial charge is 0.478 e. The number of carbonyl (C=O) groups is 1. The molecule has 3 rings (SSSR count). The number of carbonyl (C=O) groups excluding carboxylic acids is 1. The number of benzene rings is 1. The predicted octanol–water partition coefficient (Wildman–Crippen LogP) is 2.61. The van der Waals surface area contributed by atoms with Gasteiger partial charge < -0.3 is 10.1 Å². The van der Waals surface area contributed by atoms with Crippen molar-refractivity contribution < 1.29 is 17.9 Å². The van der Waals surface area contributed by atoms with E-state index in [1.165, 1.54) is 38.6 Å². The van der Waals surface area contributed by atoms with Crippen LogP contribution in [0.5, 0.6) is 5.88 Å². The van der Waals surface area contributed by atoms with E-state index < -0.39 is 10.0 Å². The molecule has 29 heavy (non-hydrogen) atoms. The van der Waals surface area contributed by atoms with Gasteiger partial charge in [0.25, 0.3) is 15.9 Å². The first kappa shape index (κ1) is 20.2. The average Bonchev–Trinajstić information content (AvgIpc) is 2.69. The van der Waals surface area contributed by atoms with Crippen LogP contribution >= 0.6 is 0 Å². The zero-order valence-electron chi connectivity index (χ0n) is 16.0. The van der Waals surface area contributed by atoms with Crippen molar-refractivity contribution in [1.29, 1.82) is 0 Å². The highest BCUT2D eigenvalue weighted by molar-refractivity contribution is 7.92. The molecular formula is C19H19N5O4S. The molecule has 0 aliphatic rings. The lowest BCUT2D eigenvalue weighted by molar-refractivity contribution is -0.114. The summed E-state index contributed by atoms with van der Waals surface area (Å²) in [4.78, 5) is 23.6. The summed E-state index contributed by atoms with van der Waals surface area (Å²) in [5, 5.41) is 2.66. The van der Waals surface area contributed by atoms with Gasteiger partial charge in [0.2, 0.25) is 11.7 Å². The van der Waals surface area contributed by atoms with Gasteiger partial charge in [0.1, 0.15) is 4.90 Å². The van der Waals surface area contributed by atoms with Gasteiger partial charge in [0.15, 0.2) is 0 Å². The predicted molar refractivity (Wildman–Crippen MR) is 108 cm³/mol. The molecule has 10 heteroatoms. The Morgan fingerprint density at radius 1 is 1.10 bits per heavy atom. The second-order valence-corrected chi connectivity index (χ2v) is 7.73. The van der Waals surface area contributed by atoms with Crippen molar-refractivity contribution >= 4 is 27.4 Å². The van der Waals surface area contributed by atoms with Crippen molar-refractivity contribution in [3.8, 4) is 17.1 Å². The Balaban J connectivity index is 1.98. The number of sulfonamides is 1. The van der Waals surface area contributed by atoms with Gasteiger partial charge in [0, 0.05) is 24.4 Å². The average molecular weight is 413 g/mol. The monoisotopic (exact) mass is 413 g/mol. The van der Waals surface area contributed by atoms with Gasteiger partial charge in [-0.2, -0.15) is 0 Å². The van der Waals surface area contributed by atoms with E-state index in [9.17, 15) is 13.2 Å². The fraction of sp³-hybridized carbons (Fsp3) is 0.158. The number of nitrogens with zero attached hydrogens (tertiary/aromatic N) is 3. The lowest BCUT2D eigenvalue weighted by Crippen LogP contribution is -2.16. The summed E-state index contributed by atoms with van der Waals surface area (Å²) in [6.45, 7) is 3.13. The molecule has 2 aromatic heterocycles. The molecule has 2 N–H and O–H groups in total. The van der Waals surface area contributed by atoms with Gasteiger partial charge in [-0.3, -0.25) is 14.5 Å². The maximum Gasteiger partial charge on any atom is 0.265 e. The molecule has 1 amide bonds. The Morgan fingerprint density at radius 3 is 2.48 bits per heavy atom. The van der Waals surface area contributed by atoms with Crippen LogP contribution in [0, 0.1) is 6.92 Å². The van der Waals surface area contributed by atoms with E-state index in [2.05, 4.69) is 25.0 Å². The maximum absolute atomic E-state index is 13.0. The molecule has 0 unspecified atom stereocenters. The second-order valence-electron chi connectivity index (χ2n) is 6.08. The van der Waals surface area contributed by atoms with E-state index in [0.717, 1.165) is 0 Å². The molecule has 0 bridgehead atoms. The van der Waals surface area contributed by atoms with E-state index in [0.29, 0.717) is 16.9 Å².